The van der Waals surface area contributed by atoms with Gasteiger partial charge < -0.3 is 4.57 Å². The lowest BCUT2D eigenvalue weighted by molar-refractivity contribution is -0.642. The summed E-state index contributed by atoms with van der Waals surface area (Å²) in [5.41, 5.74) is 6.37. The smallest absolute Gasteiger partial charge is 0.262 e. The molecule has 0 amide bonds. The highest BCUT2D eigenvalue weighted by atomic mass is 32.1. The van der Waals surface area contributed by atoms with Crippen molar-refractivity contribution in [1.29, 1.82) is 0 Å². The SMILES string of the molecule is C[n+]1c(/C=C/c2ccc3c(c2)c2ccccc2n3Cc2ccccc2)sc2ccccc21. The van der Waals surface area contributed by atoms with Gasteiger partial charge in [-0.15, -0.1) is 0 Å². The highest BCUT2D eigenvalue weighted by Crippen LogP contribution is 2.31. The van der Waals surface area contributed by atoms with Crippen LogP contribution in [0.15, 0.2) is 97.1 Å². The number of thiazole rings is 1. The van der Waals surface area contributed by atoms with Gasteiger partial charge in [0, 0.05) is 40.5 Å². The highest BCUT2D eigenvalue weighted by molar-refractivity contribution is 7.18. The van der Waals surface area contributed by atoms with Crippen LogP contribution in [0.1, 0.15) is 16.1 Å². The average molecular weight is 432 g/mol. The van der Waals surface area contributed by atoms with Crippen LogP contribution in [0, 0.1) is 0 Å². The molecule has 0 aliphatic heterocycles. The lowest BCUT2D eigenvalue weighted by Gasteiger charge is -2.08. The molecular weight excluding hydrogens is 408 g/mol. The minimum absolute atomic E-state index is 0.873. The number of rotatable bonds is 4. The Hall–Kier alpha value is -3.69. The van der Waals surface area contributed by atoms with Crippen LogP contribution >= 0.6 is 11.3 Å². The molecule has 0 radical (unpaired) electrons. The number of benzene rings is 4. The molecule has 0 N–H and O–H groups in total. The summed E-state index contributed by atoms with van der Waals surface area (Å²) in [4.78, 5) is 0. The minimum atomic E-state index is 0.873. The van der Waals surface area contributed by atoms with E-state index in [0.29, 0.717) is 0 Å². The van der Waals surface area contributed by atoms with Crippen LogP contribution in [0.4, 0.5) is 0 Å². The van der Waals surface area contributed by atoms with Gasteiger partial charge in [0.1, 0.15) is 11.7 Å². The summed E-state index contributed by atoms with van der Waals surface area (Å²) in [6.45, 7) is 0.873. The number of hydrogen-bond donors (Lipinski definition) is 0. The van der Waals surface area contributed by atoms with Gasteiger partial charge in [-0.3, -0.25) is 0 Å². The van der Waals surface area contributed by atoms with Crippen molar-refractivity contribution in [3.63, 3.8) is 0 Å². The Morgan fingerprint density at radius 2 is 1.50 bits per heavy atom. The summed E-state index contributed by atoms with van der Waals surface area (Å²) in [6, 6.07) is 34.8. The molecule has 32 heavy (non-hydrogen) atoms. The molecule has 154 valence electrons. The molecule has 6 rings (SSSR count). The quantitative estimate of drug-likeness (QED) is 0.264. The van der Waals surface area contributed by atoms with Gasteiger partial charge in [0.2, 0.25) is 5.52 Å². The fourth-order valence-electron chi connectivity index (χ4n) is 4.55. The van der Waals surface area contributed by atoms with Crippen LogP contribution in [-0.4, -0.2) is 4.57 Å². The third-order valence-corrected chi connectivity index (χ3v) is 7.35. The van der Waals surface area contributed by atoms with Crippen molar-refractivity contribution in [2.45, 2.75) is 6.54 Å². The maximum absolute atomic E-state index is 2.43. The molecule has 2 aromatic heterocycles. The van der Waals surface area contributed by atoms with Crippen molar-refractivity contribution in [2.75, 3.05) is 0 Å². The Kier molecular flexibility index (Phi) is 4.62. The third kappa shape index (κ3) is 3.22. The van der Waals surface area contributed by atoms with Crippen molar-refractivity contribution in [1.82, 2.24) is 4.57 Å². The van der Waals surface area contributed by atoms with Crippen LogP contribution in [-0.2, 0) is 13.6 Å². The van der Waals surface area contributed by atoms with Gasteiger partial charge >= 0.3 is 0 Å². The topological polar surface area (TPSA) is 8.81 Å². The predicted octanol–water partition coefficient (Wildman–Crippen LogP) is 7.05. The largest absolute Gasteiger partial charge is 0.336 e. The maximum atomic E-state index is 2.43. The van der Waals surface area contributed by atoms with Crippen molar-refractivity contribution in [3.05, 3.63) is 113 Å². The third-order valence-electron chi connectivity index (χ3n) is 6.17. The Balaban J connectivity index is 1.44. The summed E-state index contributed by atoms with van der Waals surface area (Å²) in [5.74, 6) is 0. The van der Waals surface area contributed by atoms with Gasteiger partial charge in [-0.25, -0.2) is 0 Å². The number of hydrogen-bond acceptors (Lipinski definition) is 1. The second-order valence-electron chi connectivity index (χ2n) is 8.17. The molecule has 0 atom stereocenters. The lowest BCUT2D eigenvalue weighted by atomic mass is 10.1. The number of aromatic nitrogens is 2. The standard InChI is InChI=1S/C29H23N2S/c1-30-27-13-7-8-14-28(27)32-29(30)18-16-21-15-17-26-24(19-21)23-11-5-6-12-25(23)31(26)20-22-9-3-2-4-10-22/h2-19H,20H2,1H3/q+1. The normalized spacial score (nSPS) is 11.9. The zero-order valence-corrected chi connectivity index (χ0v) is 18.7. The first-order chi connectivity index (χ1) is 15.8. The molecule has 3 heteroatoms. The van der Waals surface area contributed by atoms with Gasteiger partial charge in [-0.2, -0.15) is 4.57 Å². The first-order valence-electron chi connectivity index (χ1n) is 10.9. The fraction of sp³-hybridized carbons (Fsp3) is 0.0690. The molecule has 0 spiro atoms. The van der Waals surface area contributed by atoms with E-state index in [1.165, 1.54) is 48.2 Å². The molecule has 4 aromatic carbocycles. The number of fused-ring (bicyclic) bond motifs is 4. The lowest BCUT2D eigenvalue weighted by Crippen LogP contribution is -2.28. The van der Waals surface area contributed by atoms with Gasteiger partial charge in [0.05, 0.1) is 0 Å². The number of nitrogens with zero attached hydrogens (tertiary/aromatic N) is 2. The van der Waals surface area contributed by atoms with E-state index in [4.69, 9.17) is 0 Å². The Morgan fingerprint density at radius 1 is 0.750 bits per heavy atom. The zero-order chi connectivity index (χ0) is 21.5. The fourth-order valence-corrected chi connectivity index (χ4v) is 5.60. The molecule has 6 aromatic rings. The van der Waals surface area contributed by atoms with Crippen LogP contribution in [0.25, 0.3) is 44.2 Å². The zero-order valence-electron chi connectivity index (χ0n) is 17.9. The molecule has 0 fully saturated rings. The Morgan fingerprint density at radius 3 is 2.38 bits per heavy atom. The van der Waals surface area contributed by atoms with Gasteiger partial charge in [0.15, 0.2) is 0 Å². The van der Waals surface area contributed by atoms with Crippen LogP contribution in [0.3, 0.4) is 0 Å². The molecule has 0 aliphatic rings. The Labute approximate surface area is 191 Å². The molecule has 0 aliphatic carbocycles. The van der Waals surface area contributed by atoms with E-state index < -0.39 is 0 Å². The number of aryl methyl sites for hydroxylation is 1. The van der Waals surface area contributed by atoms with Crippen molar-refractivity contribution >= 4 is 55.5 Å². The van der Waals surface area contributed by atoms with Crippen molar-refractivity contribution in [2.24, 2.45) is 7.05 Å². The first kappa shape index (κ1) is 19.0. The summed E-state index contributed by atoms with van der Waals surface area (Å²) in [7, 11) is 2.14. The van der Waals surface area contributed by atoms with Crippen LogP contribution in [0.2, 0.25) is 0 Å². The number of para-hydroxylation sites is 2. The van der Waals surface area contributed by atoms with E-state index in [1.807, 2.05) is 11.3 Å². The van der Waals surface area contributed by atoms with Gasteiger partial charge in [0.25, 0.3) is 5.01 Å². The summed E-state index contributed by atoms with van der Waals surface area (Å²) in [6.07, 6.45) is 4.46. The summed E-state index contributed by atoms with van der Waals surface area (Å²) >= 11 is 1.83. The average Bonchev–Trinajstić information content (AvgIpc) is 3.33. The van der Waals surface area contributed by atoms with E-state index in [-0.39, 0.29) is 0 Å². The molecule has 2 heterocycles. The molecule has 2 nitrogen and oxygen atoms in total. The molecule has 0 saturated heterocycles. The van der Waals surface area contributed by atoms with E-state index >= 15 is 0 Å². The summed E-state index contributed by atoms with van der Waals surface area (Å²) in [5, 5.41) is 3.86. The molecule has 0 unspecified atom stereocenters. The van der Waals surface area contributed by atoms with Gasteiger partial charge in [-0.1, -0.05) is 78.1 Å². The molecular formula is C29H23N2S+. The van der Waals surface area contributed by atoms with E-state index in [1.54, 1.807) is 0 Å². The molecule has 0 bridgehead atoms. The van der Waals surface area contributed by atoms with E-state index in [9.17, 15) is 0 Å². The van der Waals surface area contributed by atoms with E-state index in [2.05, 4.69) is 125 Å². The summed E-state index contributed by atoms with van der Waals surface area (Å²) < 4.78 is 6.01. The van der Waals surface area contributed by atoms with Crippen molar-refractivity contribution in [3.8, 4) is 0 Å². The second-order valence-corrected chi connectivity index (χ2v) is 9.23. The van der Waals surface area contributed by atoms with Crippen molar-refractivity contribution < 1.29 is 4.57 Å². The Bertz CT molecular complexity index is 1600. The predicted molar refractivity (Wildman–Crippen MR) is 137 cm³/mol. The first-order valence-corrected chi connectivity index (χ1v) is 11.7. The van der Waals surface area contributed by atoms with E-state index in [0.717, 1.165) is 6.54 Å². The monoisotopic (exact) mass is 431 g/mol. The molecule has 0 saturated carbocycles. The minimum Gasteiger partial charge on any atom is -0.336 e. The highest BCUT2D eigenvalue weighted by Gasteiger charge is 2.14. The van der Waals surface area contributed by atoms with Crippen LogP contribution < -0.4 is 4.57 Å². The second kappa shape index (κ2) is 7.77. The van der Waals surface area contributed by atoms with Gasteiger partial charge in [-0.05, 0) is 41.5 Å². The van der Waals surface area contributed by atoms with Crippen LogP contribution in [0.5, 0.6) is 0 Å². The maximum Gasteiger partial charge on any atom is 0.262 e.